The number of anilines is 1. The lowest BCUT2D eigenvalue weighted by molar-refractivity contribution is -0.119. The highest BCUT2D eigenvalue weighted by Crippen LogP contribution is 2.22. The number of hydrogen-bond donors (Lipinski definition) is 1. The van der Waals surface area contributed by atoms with Crippen LogP contribution in [0.25, 0.3) is 0 Å². The summed E-state index contributed by atoms with van der Waals surface area (Å²) >= 11 is 0. The van der Waals surface area contributed by atoms with Crippen LogP contribution in [-0.2, 0) is 27.9 Å². The molecule has 0 radical (unpaired) electrons. The smallest absolute Gasteiger partial charge is 0.241 e. The second kappa shape index (κ2) is 11.3. The second-order valence-corrected chi connectivity index (χ2v) is 10.0. The van der Waals surface area contributed by atoms with Crippen LogP contribution in [0.15, 0.2) is 48.5 Å². The Hall–Kier alpha value is -2.58. The van der Waals surface area contributed by atoms with E-state index >= 15 is 0 Å². The van der Waals surface area contributed by atoms with Crippen molar-refractivity contribution in [1.82, 2.24) is 10.2 Å². The average molecular weight is 460 g/mol. The zero-order valence-corrected chi connectivity index (χ0v) is 19.7. The van der Waals surface area contributed by atoms with E-state index in [-0.39, 0.29) is 12.5 Å². The molecule has 0 saturated carbocycles. The van der Waals surface area contributed by atoms with Crippen LogP contribution in [0.4, 0.5) is 5.69 Å². The van der Waals surface area contributed by atoms with Crippen LogP contribution in [0, 0.1) is 0 Å². The van der Waals surface area contributed by atoms with E-state index in [1.807, 2.05) is 25.1 Å². The summed E-state index contributed by atoms with van der Waals surface area (Å²) in [5, 5.41) is 2.89. The van der Waals surface area contributed by atoms with E-state index in [9.17, 15) is 13.2 Å². The number of amides is 1. The monoisotopic (exact) mass is 459 g/mol. The average Bonchev–Trinajstić information content (AvgIpc) is 3.28. The van der Waals surface area contributed by atoms with E-state index in [0.29, 0.717) is 24.6 Å². The number of sulfonamides is 1. The summed E-state index contributed by atoms with van der Waals surface area (Å²) in [5.41, 5.74) is 2.68. The highest BCUT2D eigenvalue weighted by atomic mass is 32.2. The van der Waals surface area contributed by atoms with Gasteiger partial charge in [0.25, 0.3) is 0 Å². The number of ether oxygens (including phenoxy) is 1. The Morgan fingerprint density at radius 1 is 1.06 bits per heavy atom. The number of likely N-dealkylation sites (tertiary alicyclic amines) is 1. The Morgan fingerprint density at radius 3 is 2.34 bits per heavy atom. The van der Waals surface area contributed by atoms with Crippen molar-refractivity contribution in [3.63, 3.8) is 0 Å². The van der Waals surface area contributed by atoms with Gasteiger partial charge in [-0.15, -0.1) is 0 Å². The summed E-state index contributed by atoms with van der Waals surface area (Å²) in [6, 6.07) is 14.8. The van der Waals surface area contributed by atoms with Crippen molar-refractivity contribution in [2.24, 2.45) is 0 Å². The van der Waals surface area contributed by atoms with E-state index in [0.717, 1.165) is 42.2 Å². The highest BCUT2D eigenvalue weighted by Gasteiger charge is 2.21. The third kappa shape index (κ3) is 6.97. The summed E-state index contributed by atoms with van der Waals surface area (Å²) in [4.78, 5) is 15.1. The van der Waals surface area contributed by atoms with Crippen LogP contribution in [0.2, 0.25) is 0 Å². The molecule has 32 heavy (non-hydrogen) atoms. The van der Waals surface area contributed by atoms with Gasteiger partial charge in [-0.25, -0.2) is 8.42 Å². The van der Waals surface area contributed by atoms with Crippen LogP contribution >= 0.6 is 0 Å². The van der Waals surface area contributed by atoms with Gasteiger partial charge < -0.3 is 10.1 Å². The fourth-order valence-corrected chi connectivity index (χ4v) is 4.63. The molecule has 0 atom stereocenters. The largest absolute Gasteiger partial charge is 0.494 e. The van der Waals surface area contributed by atoms with E-state index in [2.05, 4.69) is 16.3 Å². The van der Waals surface area contributed by atoms with Crippen LogP contribution in [0.3, 0.4) is 0 Å². The first-order valence-electron chi connectivity index (χ1n) is 11.1. The lowest BCUT2D eigenvalue weighted by Crippen LogP contribution is -2.40. The van der Waals surface area contributed by atoms with E-state index in [4.69, 9.17) is 4.74 Å². The molecule has 3 rings (SSSR count). The zero-order valence-electron chi connectivity index (χ0n) is 18.9. The van der Waals surface area contributed by atoms with E-state index < -0.39 is 10.0 Å². The van der Waals surface area contributed by atoms with Crippen molar-refractivity contribution in [3.8, 4) is 5.75 Å². The van der Waals surface area contributed by atoms with Crippen molar-refractivity contribution in [2.75, 3.05) is 36.8 Å². The van der Waals surface area contributed by atoms with Gasteiger partial charge in [-0.1, -0.05) is 31.2 Å². The number of benzene rings is 2. The molecule has 174 valence electrons. The topological polar surface area (TPSA) is 79.0 Å². The molecule has 1 N–H and O–H groups in total. The normalized spacial score (nSPS) is 14.3. The van der Waals surface area contributed by atoms with Gasteiger partial charge in [0.15, 0.2) is 0 Å². The molecule has 0 aliphatic carbocycles. The van der Waals surface area contributed by atoms with Gasteiger partial charge in [0, 0.05) is 13.1 Å². The standard InChI is InChI=1S/C24H33N3O4S/c1-3-16-31-23-12-10-22(11-13-23)27(32(2,29)30)19-24(28)25-17-20-8-4-5-9-21(20)18-26-14-6-7-15-26/h4-5,8-13H,3,6-7,14-19H2,1-2H3,(H,25,28). The number of nitrogens with zero attached hydrogens (tertiary/aromatic N) is 2. The van der Waals surface area contributed by atoms with Gasteiger partial charge in [0.1, 0.15) is 12.3 Å². The molecule has 1 saturated heterocycles. The molecule has 1 aliphatic rings. The molecule has 0 unspecified atom stereocenters. The van der Waals surface area contributed by atoms with Gasteiger partial charge in [0.05, 0.1) is 18.6 Å². The van der Waals surface area contributed by atoms with Gasteiger partial charge in [-0.3, -0.25) is 14.0 Å². The molecule has 1 fully saturated rings. The minimum Gasteiger partial charge on any atom is -0.494 e. The molecule has 0 spiro atoms. The Balaban J connectivity index is 1.63. The van der Waals surface area contributed by atoms with Crippen molar-refractivity contribution in [2.45, 2.75) is 39.3 Å². The van der Waals surface area contributed by atoms with Crippen LogP contribution in [0.1, 0.15) is 37.3 Å². The van der Waals surface area contributed by atoms with Gasteiger partial charge in [-0.05, 0) is 67.7 Å². The van der Waals surface area contributed by atoms with Crippen LogP contribution in [0.5, 0.6) is 5.75 Å². The fourth-order valence-electron chi connectivity index (χ4n) is 3.77. The van der Waals surface area contributed by atoms with Crippen molar-refractivity contribution < 1.29 is 17.9 Å². The Morgan fingerprint density at radius 2 is 1.72 bits per heavy atom. The molecule has 2 aromatic carbocycles. The minimum absolute atomic E-state index is 0.276. The SMILES string of the molecule is CCCOc1ccc(N(CC(=O)NCc2ccccc2CN2CCCC2)S(C)(=O)=O)cc1. The lowest BCUT2D eigenvalue weighted by atomic mass is 10.1. The quantitative estimate of drug-likeness (QED) is 0.558. The Kier molecular flexibility index (Phi) is 8.53. The molecule has 1 aliphatic heterocycles. The third-order valence-electron chi connectivity index (χ3n) is 5.47. The first-order chi connectivity index (χ1) is 15.4. The van der Waals surface area contributed by atoms with Crippen molar-refractivity contribution >= 4 is 21.6 Å². The van der Waals surface area contributed by atoms with Gasteiger partial charge in [-0.2, -0.15) is 0 Å². The Bertz CT molecular complexity index is 987. The number of nitrogens with one attached hydrogen (secondary N) is 1. The molecule has 2 aromatic rings. The molecular weight excluding hydrogens is 426 g/mol. The summed E-state index contributed by atoms with van der Waals surface area (Å²) < 4.78 is 31.4. The van der Waals surface area contributed by atoms with Crippen molar-refractivity contribution in [1.29, 1.82) is 0 Å². The van der Waals surface area contributed by atoms with E-state index in [1.54, 1.807) is 24.3 Å². The molecule has 1 heterocycles. The summed E-state index contributed by atoms with van der Waals surface area (Å²) in [6.07, 6.45) is 4.45. The van der Waals surface area contributed by atoms with Gasteiger partial charge >= 0.3 is 0 Å². The summed E-state index contributed by atoms with van der Waals surface area (Å²) in [5.74, 6) is 0.320. The maximum Gasteiger partial charge on any atom is 0.241 e. The minimum atomic E-state index is -3.62. The number of hydrogen-bond acceptors (Lipinski definition) is 5. The molecule has 7 nitrogen and oxygen atoms in total. The van der Waals surface area contributed by atoms with Gasteiger partial charge in [0.2, 0.25) is 15.9 Å². The predicted molar refractivity (Wildman–Crippen MR) is 127 cm³/mol. The zero-order chi connectivity index (χ0) is 23.0. The molecular formula is C24H33N3O4S. The maximum atomic E-state index is 12.7. The second-order valence-electron chi connectivity index (χ2n) is 8.14. The first-order valence-corrected chi connectivity index (χ1v) is 13.0. The van der Waals surface area contributed by atoms with Crippen molar-refractivity contribution in [3.05, 3.63) is 59.7 Å². The predicted octanol–water partition coefficient (Wildman–Crippen LogP) is 3.15. The maximum absolute atomic E-state index is 12.7. The number of rotatable bonds is 11. The summed E-state index contributed by atoms with van der Waals surface area (Å²) in [6.45, 7) is 5.78. The highest BCUT2D eigenvalue weighted by molar-refractivity contribution is 7.92. The first kappa shape index (κ1) is 24.1. The summed E-state index contributed by atoms with van der Waals surface area (Å²) in [7, 11) is -3.62. The van der Waals surface area contributed by atoms with E-state index in [1.165, 1.54) is 18.4 Å². The molecule has 1 amide bonds. The lowest BCUT2D eigenvalue weighted by Gasteiger charge is -2.22. The number of carbonyl (C=O) groups is 1. The van der Waals surface area contributed by atoms with Crippen LogP contribution in [-0.4, -0.2) is 51.7 Å². The fraction of sp³-hybridized carbons (Fsp3) is 0.458. The Labute approximate surface area is 191 Å². The molecule has 0 bridgehead atoms. The number of carbonyl (C=O) groups excluding carboxylic acids is 1. The molecule has 0 aromatic heterocycles. The third-order valence-corrected chi connectivity index (χ3v) is 6.61. The van der Waals surface area contributed by atoms with Crippen LogP contribution < -0.4 is 14.4 Å². The molecule has 8 heteroatoms.